The van der Waals surface area contributed by atoms with Gasteiger partial charge < -0.3 is 14.6 Å². The smallest absolute Gasteiger partial charge is 0.261 e. The van der Waals surface area contributed by atoms with Crippen molar-refractivity contribution in [2.45, 2.75) is 45.8 Å². The van der Waals surface area contributed by atoms with Gasteiger partial charge in [0.2, 0.25) is 0 Å². The molecule has 0 bridgehead atoms. The standard InChI is InChI=1S/C24H28FN3O2/c1-15(2)19-11-10-18(14-16(19)3)30-17(4)24(29)27-22(23-26-12-13-28(23)5)20-8-6-7-9-21(20)25/h6-15,17,22H,1-5H3,(H,27,29)/t17-,22-/m1/s1. The van der Waals surface area contributed by atoms with Crippen molar-refractivity contribution < 1.29 is 13.9 Å². The Kier molecular flexibility index (Phi) is 6.55. The molecule has 1 amide bonds. The summed E-state index contributed by atoms with van der Waals surface area (Å²) in [7, 11) is 1.81. The van der Waals surface area contributed by atoms with E-state index in [0.29, 0.717) is 23.1 Å². The third-order valence-corrected chi connectivity index (χ3v) is 5.16. The summed E-state index contributed by atoms with van der Waals surface area (Å²) in [6.07, 6.45) is 2.62. The van der Waals surface area contributed by atoms with E-state index < -0.39 is 18.0 Å². The van der Waals surface area contributed by atoms with Crippen molar-refractivity contribution in [2.24, 2.45) is 7.05 Å². The molecule has 6 heteroatoms. The van der Waals surface area contributed by atoms with Gasteiger partial charge in [-0.1, -0.05) is 38.1 Å². The molecule has 0 aliphatic carbocycles. The third-order valence-electron chi connectivity index (χ3n) is 5.16. The Morgan fingerprint density at radius 1 is 1.13 bits per heavy atom. The number of imidazole rings is 1. The van der Waals surface area contributed by atoms with Gasteiger partial charge in [0.25, 0.3) is 5.91 Å². The maximum absolute atomic E-state index is 14.5. The molecule has 3 aromatic rings. The summed E-state index contributed by atoms with van der Waals surface area (Å²) in [5.41, 5.74) is 2.71. The van der Waals surface area contributed by atoms with Crippen LogP contribution in [-0.2, 0) is 11.8 Å². The van der Waals surface area contributed by atoms with E-state index in [2.05, 4.69) is 24.1 Å². The molecule has 0 radical (unpaired) electrons. The summed E-state index contributed by atoms with van der Waals surface area (Å²) in [6, 6.07) is 11.5. The molecule has 1 heterocycles. The summed E-state index contributed by atoms with van der Waals surface area (Å²) < 4.78 is 22.1. The van der Waals surface area contributed by atoms with Crippen molar-refractivity contribution >= 4 is 5.91 Å². The minimum atomic E-state index is -0.760. The first-order valence-electron chi connectivity index (χ1n) is 10.1. The first-order chi connectivity index (χ1) is 14.3. The van der Waals surface area contributed by atoms with E-state index >= 15 is 0 Å². The van der Waals surface area contributed by atoms with Gasteiger partial charge in [-0.2, -0.15) is 0 Å². The van der Waals surface area contributed by atoms with Crippen LogP contribution in [0.2, 0.25) is 0 Å². The van der Waals surface area contributed by atoms with Crippen LogP contribution in [0.3, 0.4) is 0 Å². The number of benzene rings is 2. The van der Waals surface area contributed by atoms with Crippen LogP contribution in [0.4, 0.5) is 4.39 Å². The number of nitrogens with one attached hydrogen (secondary N) is 1. The predicted molar refractivity (Wildman–Crippen MR) is 115 cm³/mol. The van der Waals surface area contributed by atoms with Crippen LogP contribution in [0.15, 0.2) is 54.9 Å². The average Bonchev–Trinajstić information content (AvgIpc) is 3.12. The second-order valence-corrected chi connectivity index (χ2v) is 7.79. The van der Waals surface area contributed by atoms with Crippen LogP contribution < -0.4 is 10.1 Å². The molecule has 0 spiro atoms. The van der Waals surface area contributed by atoms with Gasteiger partial charge >= 0.3 is 0 Å². The summed E-state index contributed by atoms with van der Waals surface area (Å²) in [6.45, 7) is 7.99. The fourth-order valence-corrected chi connectivity index (χ4v) is 3.53. The Morgan fingerprint density at radius 3 is 2.47 bits per heavy atom. The molecule has 0 saturated heterocycles. The van der Waals surface area contributed by atoms with Crippen LogP contribution >= 0.6 is 0 Å². The Hall–Kier alpha value is -3.15. The van der Waals surface area contributed by atoms with Crippen LogP contribution in [0, 0.1) is 12.7 Å². The third kappa shape index (κ3) is 4.70. The van der Waals surface area contributed by atoms with Crippen LogP contribution in [-0.4, -0.2) is 21.6 Å². The van der Waals surface area contributed by atoms with E-state index in [4.69, 9.17) is 4.74 Å². The van der Waals surface area contributed by atoms with Gasteiger partial charge in [-0.3, -0.25) is 4.79 Å². The lowest BCUT2D eigenvalue weighted by Crippen LogP contribution is -2.40. The molecule has 30 heavy (non-hydrogen) atoms. The fraction of sp³-hybridized carbons (Fsp3) is 0.333. The van der Waals surface area contributed by atoms with Crippen molar-refractivity contribution in [3.63, 3.8) is 0 Å². The highest BCUT2D eigenvalue weighted by atomic mass is 19.1. The molecule has 0 saturated carbocycles. The number of halogens is 1. The van der Waals surface area contributed by atoms with Crippen molar-refractivity contribution in [3.05, 3.63) is 83.2 Å². The molecular weight excluding hydrogens is 381 g/mol. The van der Waals surface area contributed by atoms with E-state index in [1.165, 1.54) is 11.6 Å². The maximum Gasteiger partial charge on any atom is 0.261 e. The molecule has 0 aliphatic heterocycles. The van der Waals surface area contributed by atoms with Crippen LogP contribution in [0.25, 0.3) is 0 Å². The first kappa shape index (κ1) is 21.6. The summed E-state index contributed by atoms with van der Waals surface area (Å²) >= 11 is 0. The molecule has 0 fully saturated rings. The number of amides is 1. The topological polar surface area (TPSA) is 56.1 Å². The Bertz CT molecular complexity index is 1030. The Morgan fingerprint density at radius 2 is 1.87 bits per heavy atom. The number of carbonyl (C=O) groups excluding carboxylic acids is 1. The molecule has 3 rings (SSSR count). The zero-order valence-electron chi connectivity index (χ0n) is 18.0. The highest BCUT2D eigenvalue weighted by molar-refractivity contribution is 5.81. The highest BCUT2D eigenvalue weighted by Gasteiger charge is 2.26. The second-order valence-electron chi connectivity index (χ2n) is 7.79. The Balaban J connectivity index is 1.80. The lowest BCUT2D eigenvalue weighted by Gasteiger charge is -2.22. The van der Waals surface area contributed by atoms with E-state index in [0.717, 1.165) is 5.56 Å². The molecule has 0 unspecified atom stereocenters. The molecular formula is C24H28FN3O2. The number of ether oxygens (including phenoxy) is 1. The van der Waals surface area contributed by atoms with Crippen LogP contribution in [0.5, 0.6) is 5.75 Å². The zero-order chi connectivity index (χ0) is 21.8. The monoisotopic (exact) mass is 409 g/mol. The average molecular weight is 410 g/mol. The molecule has 1 aromatic heterocycles. The highest BCUT2D eigenvalue weighted by Crippen LogP contribution is 2.25. The van der Waals surface area contributed by atoms with Gasteiger partial charge in [0.05, 0.1) is 0 Å². The second kappa shape index (κ2) is 9.11. The van der Waals surface area contributed by atoms with Gasteiger partial charge in [0.1, 0.15) is 23.4 Å². The number of aromatic nitrogens is 2. The quantitative estimate of drug-likeness (QED) is 0.617. The SMILES string of the molecule is Cc1cc(O[C@H](C)C(=O)N[C@H](c2ccccc2F)c2nccn2C)ccc1C(C)C. The van der Waals surface area contributed by atoms with E-state index in [1.807, 2.05) is 25.1 Å². The van der Waals surface area contributed by atoms with Gasteiger partial charge in [0, 0.05) is 25.0 Å². The number of nitrogens with zero attached hydrogens (tertiary/aromatic N) is 2. The molecule has 2 atom stereocenters. The number of hydrogen-bond donors (Lipinski definition) is 1. The summed E-state index contributed by atoms with van der Waals surface area (Å²) in [5, 5.41) is 2.89. The molecule has 0 aliphatic rings. The van der Waals surface area contributed by atoms with E-state index in [1.54, 1.807) is 49.1 Å². The van der Waals surface area contributed by atoms with Gasteiger partial charge in [0.15, 0.2) is 6.10 Å². The normalized spacial score (nSPS) is 13.2. The van der Waals surface area contributed by atoms with E-state index in [9.17, 15) is 9.18 Å². The number of rotatable bonds is 7. The Labute approximate surface area is 176 Å². The van der Waals surface area contributed by atoms with Gasteiger partial charge in [-0.15, -0.1) is 0 Å². The lowest BCUT2D eigenvalue weighted by molar-refractivity contribution is -0.127. The van der Waals surface area contributed by atoms with Crippen molar-refractivity contribution in [3.8, 4) is 5.75 Å². The largest absolute Gasteiger partial charge is 0.481 e. The predicted octanol–water partition coefficient (Wildman–Crippen LogP) is 4.66. The summed E-state index contributed by atoms with van der Waals surface area (Å²) in [5.74, 6) is 0.826. The first-order valence-corrected chi connectivity index (χ1v) is 10.1. The molecule has 158 valence electrons. The number of aryl methyl sites for hydroxylation is 2. The van der Waals surface area contributed by atoms with Gasteiger partial charge in [-0.05, 0) is 49.1 Å². The lowest BCUT2D eigenvalue weighted by atomic mass is 9.98. The molecule has 5 nitrogen and oxygen atoms in total. The summed E-state index contributed by atoms with van der Waals surface area (Å²) in [4.78, 5) is 17.2. The van der Waals surface area contributed by atoms with Crippen molar-refractivity contribution in [1.82, 2.24) is 14.9 Å². The van der Waals surface area contributed by atoms with Crippen molar-refractivity contribution in [2.75, 3.05) is 0 Å². The maximum atomic E-state index is 14.5. The van der Waals surface area contributed by atoms with Gasteiger partial charge in [-0.25, -0.2) is 9.37 Å². The fourth-order valence-electron chi connectivity index (χ4n) is 3.53. The minimum absolute atomic E-state index is 0.350. The molecule has 1 N–H and O–H groups in total. The molecule has 2 aromatic carbocycles. The van der Waals surface area contributed by atoms with Crippen LogP contribution in [0.1, 0.15) is 55.2 Å². The number of carbonyl (C=O) groups is 1. The zero-order valence-corrected chi connectivity index (χ0v) is 18.0. The minimum Gasteiger partial charge on any atom is -0.481 e. The van der Waals surface area contributed by atoms with E-state index in [-0.39, 0.29) is 5.91 Å². The number of hydrogen-bond acceptors (Lipinski definition) is 3. The van der Waals surface area contributed by atoms with Crippen molar-refractivity contribution in [1.29, 1.82) is 0 Å².